The topological polar surface area (TPSA) is 81.5 Å². The maximum atomic E-state index is 14.1. The van der Waals surface area contributed by atoms with Crippen LogP contribution in [0.25, 0.3) is 0 Å². The average molecular weight is 317 g/mol. The van der Waals surface area contributed by atoms with E-state index < -0.39 is 40.0 Å². The first-order valence-corrected chi connectivity index (χ1v) is 6.99. The molecule has 1 aromatic rings. The highest BCUT2D eigenvalue weighted by Crippen LogP contribution is 2.58. The van der Waals surface area contributed by atoms with Gasteiger partial charge in [0.1, 0.15) is 12.2 Å². The fourth-order valence-corrected chi connectivity index (χ4v) is 3.94. The second-order valence-corrected chi connectivity index (χ2v) is 6.31. The molecule has 0 bridgehead atoms. The molecule has 2 unspecified atom stereocenters. The van der Waals surface area contributed by atoms with E-state index in [1.165, 1.54) is 11.8 Å². The fraction of sp³-hybridized carbons (Fsp3) is 0.417. The van der Waals surface area contributed by atoms with Crippen molar-refractivity contribution in [2.75, 3.05) is 6.67 Å². The van der Waals surface area contributed by atoms with Crippen molar-refractivity contribution < 1.29 is 18.1 Å². The van der Waals surface area contributed by atoms with Crippen LogP contribution >= 0.6 is 11.8 Å². The molecule has 0 spiro atoms. The Hall–Kier alpha value is -1.77. The molecule has 5 nitrogen and oxygen atoms in total. The standard InChI is InChI=1S/C12H10F3N3O2S/c13-4-12(6-3-9(6)21-11(16)17-12)7-1-5(18(19)20)2-8(14)10(7)15/h1-2,6,9H,3-4H2,(H2,16,17)/t6?,9?,12-/m0/s1. The molecular formula is C12H10F3N3O2S. The molecule has 112 valence electrons. The summed E-state index contributed by atoms with van der Waals surface area (Å²) in [5, 5.41) is 10.9. The number of alkyl halides is 1. The SMILES string of the molecule is NC1=N[C@](CF)(c2cc([N+](=O)[O-])cc(F)c2F)C2CC2S1. The molecular weight excluding hydrogens is 307 g/mol. The molecule has 0 saturated heterocycles. The quantitative estimate of drug-likeness (QED) is 0.686. The Morgan fingerprint density at radius 3 is 2.86 bits per heavy atom. The molecule has 1 fully saturated rings. The van der Waals surface area contributed by atoms with Gasteiger partial charge in [0.05, 0.1) is 11.0 Å². The summed E-state index contributed by atoms with van der Waals surface area (Å²) in [4.78, 5) is 13.9. The molecule has 2 aliphatic rings. The van der Waals surface area contributed by atoms with Crippen molar-refractivity contribution >= 4 is 22.6 Å². The van der Waals surface area contributed by atoms with E-state index >= 15 is 0 Å². The van der Waals surface area contributed by atoms with Gasteiger partial charge >= 0.3 is 0 Å². The number of aliphatic imine (C=N–C) groups is 1. The van der Waals surface area contributed by atoms with Crippen molar-refractivity contribution in [1.82, 2.24) is 0 Å². The van der Waals surface area contributed by atoms with Crippen LogP contribution in [0.1, 0.15) is 12.0 Å². The molecule has 2 N–H and O–H groups in total. The van der Waals surface area contributed by atoms with E-state index in [9.17, 15) is 23.3 Å². The largest absolute Gasteiger partial charge is 0.379 e. The first-order valence-electron chi connectivity index (χ1n) is 6.11. The monoisotopic (exact) mass is 317 g/mol. The van der Waals surface area contributed by atoms with Crippen LogP contribution in [0.3, 0.4) is 0 Å². The lowest BCUT2D eigenvalue weighted by Crippen LogP contribution is -2.37. The van der Waals surface area contributed by atoms with Gasteiger partial charge in [0, 0.05) is 22.8 Å². The van der Waals surface area contributed by atoms with Crippen molar-refractivity contribution in [2.45, 2.75) is 17.2 Å². The number of nitrogens with two attached hydrogens (primary N) is 1. The van der Waals surface area contributed by atoms with Gasteiger partial charge in [-0.1, -0.05) is 11.8 Å². The van der Waals surface area contributed by atoms with Crippen molar-refractivity contribution in [2.24, 2.45) is 16.6 Å². The lowest BCUT2D eigenvalue weighted by molar-refractivity contribution is -0.385. The normalized spacial score (nSPS) is 30.5. The molecule has 0 radical (unpaired) electrons. The predicted molar refractivity (Wildman–Crippen MR) is 71.8 cm³/mol. The predicted octanol–water partition coefficient (Wildman–Crippen LogP) is 2.49. The fourth-order valence-electron chi connectivity index (χ4n) is 2.72. The van der Waals surface area contributed by atoms with Gasteiger partial charge in [0.25, 0.3) is 5.69 Å². The van der Waals surface area contributed by atoms with Gasteiger partial charge in [-0.2, -0.15) is 0 Å². The van der Waals surface area contributed by atoms with Crippen LogP contribution in [0.2, 0.25) is 0 Å². The van der Waals surface area contributed by atoms with Gasteiger partial charge in [-0.15, -0.1) is 0 Å². The van der Waals surface area contributed by atoms with Gasteiger partial charge in [0.2, 0.25) is 0 Å². The van der Waals surface area contributed by atoms with Gasteiger partial charge < -0.3 is 5.73 Å². The number of hydrogen-bond acceptors (Lipinski definition) is 5. The van der Waals surface area contributed by atoms with Gasteiger partial charge in [-0.05, 0) is 6.42 Å². The number of non-ortho nitro benzene ring substituents is 1. The van der Waals surface area contributed by atoms with Crippen molar-refractivity contribution in [3.63, 3.8) is 0 Å². The Kier molecular flexibility index (Phi) is 3.12. The zero-order valence-electron chi connectivity index (χ0n) is 10.6. The number of nitro benzene ring substituents is 1. The highest BCUT2D eigenvalue weighted by atomic mass is 32.2. The van der Waals surface area contributed by atoms with E-state index in [0.717, 1.165) is 6.07 Å². The van der Waals surface area contributed by atoms with E-state index in [-0.39, 0.29) is 16.3 Å². The second kappa shape index (κ2) is 4.62. The maximum absolute atomic E-state index is 14.1. The summed E-state index contributed by atoms with van der Waals surface area (Å²) >= 11 is 1.26. The minimum absolute atomic E-state index is 0.0139. The Morgan fingerprint density at radius 2 is 2.24 bits per heavy atom. The third kappa shape index (κ3) is 2.06. The van der Waals surface area contributed by atoms with Gasteiger partial charge in [-0.3, -0.25) is 10.1 Å². The maximum Gasteiger partial charge on any atom is 0.272 e. The molecule has 9 heteroatoms. The zero-order valence-corrected chi connectivity index (χ0v) is 11.4. The van der Waals surface area contributed by atoms with Crippen molar-refractivity contribution in [3.8, 4) is 0 Å². The molecule has 21 heavy (non-hydrogen) atoms. The van der Waals surface area contributed by atoms with Crippen LogP contribution in [0.15, 0.2) is 17.1 Å². The summed E-state index contributed by atoms with van der Waals surface area (Å²) in [7, 11) is 0. The summed E-state index contributed by atoms with van der Waals surface area (Å²) < 4.78 is 41.4. The first-order chi connectivity index (χ1) is 9.89. The van der Waals surface area contributed by atoms with Crippen LogP contribution in [0.4, 0.5) is 18.9 Å². The molecule has 1 saturated carbocycles. The molecule has 1 aliphatic heterocycles. The van der Waals surface area contributed by atoms with Crippen LogP contribution in [-0.4, -0.2) is 22.0 Å². The number of hydrogen-bond donors (Lipinski definition) is 1. The van der Waals surface area contributed by atoms with Crippen LogP contribution in [0, 0.1) is 27.7 Å². The summed E-state index contributed by atoms with van der Waals surface area (Å²) in [6.07, 6.45) is 0.558. The highest BCUT2D eigenvalue weighted by molar-refractivity contribution is 8.14. The van der Waals surface area contributed by atoms with Gasteiger partial charge in [0.15, 0.2) is 16.8 Å². The molecule has 3 atom stereocenters. The minimum Gasteiger partial charge on any atom is -0.379 e. The number of rotatable bonds is 3. The molecule has 0 aromatic heterocycles. The number of fused-ring (bicyclic) bond motifs is 1. The number of nitrogens with zero attached hydrogens (tertiary/aromatic N) is 2. The number of thioether (sulfide) groups is 1. The van der Waals surface area contributed by atoms with E-state index in [4.69, 9.17) is 5.73 Å². The molecule has 1 aromatic carbocycles. The second-order valence-electron chi connectivity index (χ2n) is 5.05. The van der Waals surface area contributed by atoms with Crippen molar-refractivity contribution in [3.05, 3.63) is 39.4 Å². The number of nitro groups is 1. The summed E-state index contributed by atoms with van der Waals surface area (Å²) in [5.74, 6) is -3.04. The van der Waals surface area contributed by atoms with Crippen LogP contribution in [0.5, 0.6) is 0 Å². The smallest absolute Gasteiger partial charge is 0.272 e. The van der Waals surface area contributed by atoms with Crippen LogP contribution in [-0.2, 0) is 5.54 Å². The Balaban J connectivity index is 2.22. The summed E-state index contributed by atoms with van der Waals surface area (Å²) in [6.45, 7) is -1.09. The van der Waals surface area contributed by atoms with E-state index in [1.807, 2.05) is 0 Å². The van der Waals surface area contributed by atoms with E-state index in [0.29, 0.717) is 12.5 Å². The Morgan fingerprint density at radius 1 is 1.52 bits per heavy atom. The number of halogens is 3. The third-order valence-electron chi connectivity index (χ3n) is 3.82. The third-order valence-corrected chi connectivity index (χ3v) is 4.98. The zero-order chi connectivity index (χ0) is 15.4. The highest BCUT2D eigenvalue weighted by Gasteiger charge is 2.59. The number of amidine groups is 1. The summed E-state index contributed by atoms with van der Waals surface area (Å²) in [5.41, 5.74) is 2.88. The molecule has 1 heterocycles. The summed E-state index contributed by atoms with van der Waals surface area (Å²) in [6, 6.07) is 1.32. The number of benzene rings is 1. The molecule has 3 rings (SSSR count). The Labute approximate surface area is 121 Å². The molecule has 0 amide bonds. The van der Waals surface area contributed by atoms with E-state index in [2.05, 4.69) is 4.99 Å². The van der Waals surface area contributed by atoms with Crippen LogP contribution < -0.4 is 5.73 Å². The minimum atomic E-state index is -1.67. The first kappa shape index (κ1) is 14.2. The molecule has 1 aliphatic carbocycles. The van der Waals surface area contributed by atoms with E-state index in [1.54, 1.807) is 0 Å². The van der Waals surface area contributed by atoms with Crippen molar-refractivity contribution in [1.29, 1.82) is 0 Å². The lowest BCUT2D eigenvalue weighted by atomic mass is 9.85. The Bertz CT molecular complexity index is 669. The lowest BCUT2D eigenvalue weighted by Gasteiger charge is -2.31. The average Bonchev–Trinajstić information content (AvgIpc) is 3.19. The van der Waals surface area contributed by atoms with Gasteiger partial charge in [-0.25, -0.2) is 18.2 Å².